The van der Waals surface area contributed by atoms with Crippen molar-refractivity contribution in [3.8, 4) is 0 Å². The van der Waals surface area contributed by atoms with Crippen LogP contribution in [0.25, 0.3) is 0 Å². The molecule has 0 amide bonds. The van der Waals surface area contributed by atoms with E-state index in [-0.39, 0.29) is 16.8 Å². The molecule has 1 N–H and O–H groups in total. The first kappa shape index (κ1) is 29.3. The van der Waals surface area contributed by atoms with E-state index in [1.807, 2.05) is 0 Å². The minimum Gasteiger partial charge on any atom is -0.545 e. The summed E-state index contributed by atoms with van der Waals surface area (Å²) in [5, 5.41) is 7.00. The van der Waals surface area contributed by atoms with E-state index in [4.69, 9.17) is 14.7 Å². The van der Waals surface area contributed by atoms with Crippen LogP contribution in [0.4, 0.5) is 0 Å². The summed E-state index contributed by atoms with van der Waals surface area (Å²) in [5.74, 6) is 0. The van der Waals surface area contributed by atoms with Crippen LogP contribution in [0.1, 0.15) is 0 Å². The maximum atomic E-state index is 7.75. The van der Waals surface area contributed by atoms with Crippen molar-refractivity contribution in [3.05, 3.63) is 19.1 Å². The first-order chi connectivity index (χ1) is 6.42. The molecule has 0 atom stereocenters. The van der Waals surface area contributed by atoms with Gasteiger partial charge in [-0.15, -0.1) is 0 Å². The predicted molar refractivity (Wildman–Crippen MR) is 64.3 cm³/mol. The van der Waals surface area contributed by atoms with Crippen LogP contribution < -0.4 is 0 Å². The second-order valence-electron chi connectivity index (χ2n) is 3.49. The van der Waals surface area contributed by atoms with E-state index in [1.165, 1.54) is 0 Å². The molecule has 0 unspecified atom stereocenters. The molecule has 3 nitrogen and oxygen atoms in total. The van der Waals surface area contributed by atoms with Gasteiger partial charge in [0.1, 0.15) is 0 Å². The molecule has 0 radical (unpaired) electrons. The molecular weight excluding hydrogens is 255 g/mol. The van der Waals surface area contributed by atoms with Crippen molar-refractivity contribution in [1.82, 2.24) is 0 Å². The van der Waals surface area contributed by atoms with Gasteiger partial charge in [-0.2, -0.15) is 0 Å². The summed E-state index contributed by atoms with van der Waals surface area (Å²) in [6.07, 6.45) is 0. The molecule has 92 valence electrons. The molecule has 0 saturated carbocycles. The molecule has 0 bridgehead atoms. The van der Waals surface area contributed by atoms with Crippen LogP contribution in [0.5, 0.6) is 0 Å². The molecular formula is C10H21CoO3Si. The van der Waals surface area contributed by atoms with Crippen LogP contribution in [0.2, 0.25) is 25.7 Å². The van der Waals surface area contributed by atoms with Crippen molar-refractivity contribution in [2.45, 2.75) is 25.7 Å². The van der Waals surface area contributed by atoms with E-state index in [9.17, 15) is 0 Å². The molecule has 0 aromatic heterocycles. The second-order valence-corrected chi connectivity index (χ2v) is 8.96. The molecule has 0 aliphatic rings. The third-order valence-corrected chi connectivity index (χ3v) is 2.34. The van der Waals surface area contributed by atoms with Gasteiger partial charge in [-0.25, -0.2) is 19.1 Å². The van der Waals surface area contributed by atoms with Crippen molar-refractivity contribution in [2.75, 3.05) is 7.11 Å². The fourth-order valence-corrected chi connectivity index (χ4v) is 2.25. The summed E-state index contributed by atoms with van der Waals surface area (Å²) < 4.78 is 0. The molecule has 0 rings (SSSR count). The van der Waals surface area contributed by atoms with Crippen LogP contribution in [0.15, 0.2) is 12.2 Å². The smallest absolute Gasteiger partial charge is 0.545 e. The minimum atomic E-state index is -0.882. The molecule has 0 aliphatic heterocycles. The molecule has 0 heterocycles. The Balaban J connectivity index is -0.0000000410. The van der Waals surface area contributed by atoms with Crippen LogP contribution >= 0.6 is 0 Å². The third kappa shape index (κ3) is 85.9. The Labute approximate surface area is 105 Å². The zero-order valence-electron chi connectivity index (χ0n) is 9.87. The van der Waals surface area contributed by atoms with E-state index >= 15 is 0 Å². The van der Waals surface area contributed by atoms with E-state index in [0.717, 1.165) is 18.7 Å². The number of hydrogen-bond donors (Lipinski definition) is 1. The first-order valence-electron chi connectivity index (χ1n) is 3.83. The Morgan fingerprint density at radius 2 is 1.40 bits per heavy atom. The maximum absolute atomic E-state index is 7.75. The number of aliphatic hydroxyl groups excluding tert-OH is 1. The van der Waals surface area contributed by atoms with Gasteiger partial charge in [0.25, 0.3) is 0 Å². The number of hydrogen-bond acceptors (Lipinski definition) is 3. The summed E-state index contributed by atoms with van der Waals surface area (Å²) in [6, 6.07) is 1.16. The molecule has 15 heavy (non-hydrogen) atoms. The Morgan fingerprint density at radius 1 is 1.20 bits per heavy atom. The molecule has 0 aromatic carbocycles. The summed E-state index contributed by atoms with van der Waals surface area (Å²) in [4.78, 5) is 15.5. The van der Waals surface area contributed by atoms with Gasteiger partial charge >= 0.3 is 16.8 Å². The van der Waals surface area contributed by atoms with E-state index in [0.29, 0.717) is 0 Å². The van der Waals surface area contributed by atoms with E-state index < -0.39 is 8.07 Å². The van der Waals surface area contributed by atoms with Crippen molar-refractivity contribution in [3.63, 3.8) is 0 Å². The van der Waals surface area contributed by atoms with Crippen LogP contribution in [0.3, 0.4) is 0 Å². The summed E-state index contributed by atoms with van der Waals surface area (Å²) >= 11 is 0. The Hall–Kier alpha value is -0.367. The molecule has 0 fully saturated rings. The normalized spacial score (nSPS) is 7.00. The SMILES string of the molecule is C=C([CH2-])C[Si](C)(C)C.CO.[CH-]=O.[CH-]=O.[Co+3]. The van der Waals surface area contributed by atoms with Crippen LogP contribution in [-0.4, -0.2) is 33.9 Å². The maximum Gasteiger partial charge on any atom is 3.00 e. The van der Waals surface area contributed by atoms with Crippen LogP contribution in [-0.2, 0) is 26.4 Å². The largest absolute Gasteiger partial charge is 3.00 e. The molecule has 5 heteroatoms. The molecule has 0 aromatic rings. The zero-order chi connectivity index (χ0) is 12.8. The van der Waals surface area contributed by atoms with Crippen molar-refractivity contribution >= 4 is 21.7 Å². The predicted octanol–water partition coefficient (Wildman–Crippen LogP) is 1.77. The quantitative estimate of drug-likeness (QED) is 0.475. The fourth-order valence-electron chi connectivity index (χ4n) is 0.750. The topological polar surface area (TPSA) is 54.4 Å². The van der Waals surface area contributed by atoms with Gasteiger partial charge in [0, 0.05) is 15.2 Å². The summed E-state index contributed by atoms with van der Waals surface area (Å²) in [5.41, 5.74) is 1.09. The Kier molecular flexibility index (Phi) is 45.8. The van der Waals surface area contributed by atoms with Gasteiger partial charge in [0.2, 0.25) is 0 Å². The standard InChI is InChI=1S/C7H15Si.CH4O.2CHO.Co/c1-7(2)6-8(3,4)5;3*1-2;/h1-2,6H2,3-5H3;2H,1H3;2*1H;/q-1;;2*-1;+3. The van der Waals surface area contributed by atoms with Gasteiger partial charge in [-0.05, 0) is 0 Å². The first-order valence-corrected chi connectivity index (χ1v) is 7.54. The van der Waals surface area contributed by atoms with Gasteiger partial charge in [0.05, 0.1) is 0 Å². The molecule has 0 spiro atoms. The van der Waals surface area contributed by atoms with Crippen molar-refractivity contribution < 1.29 is 31.5 Å². The number of carbonyl (C=O) groups excluding carboxylic acids is 2. The average molecular weight is 276 g/mol. The Morgan fingerprint density at radius 3 is 1.40 bits per heavy atom. The Bertz CT molecular complexity index is 122. The monoisotopic (exact) mass is 276 g/mol. The van der Waals surface area contributed by atoms with Gasteiger partial charge in [-0.1, -0.05) is 25.7 Å². The number of allylic oxidation sites excluding steroid dienone is 1. The van der Waals surface area contributed by atoms with Gasteiger partial charge in [-0.3, -0.25) is 13.6 Å². The number of rotatable bonds is 2. The second kappa shape index (κ2) is 23.4. The summed E-state index contributed by atoms with van der Waals surface area (Å²) in [6.45, 7) is 21.0. The van der Waals surface area contributed by atoms with Crippen molar-refractivity contribution in [1.29, 1.82) is 0 Å². The summed E-state index contributed by atoms with van der Waals surface area (Å²) in [7, 11) is 0.118. The van der Waals surface area contributed by atoms with E-state index in [2.05, 4.69) is 46.7 Å². The van der Waals surface area contributed by atoms with Gasteiger partial charge in [0.15, 0.2) is 0 Å². The number of aliphatic hydroxyl groups is 1. The molecule has 0 aliphatic carbocycles. The zero-order valence-corrected chi connectivity index (χ0v) is 11.9. The minimum absolute atomic E-state index is 0. The van der Waals surface area contributed by atoms with Gasteiger partial charge < -0.3 is 14.7 Å². The van der Waals surface area contributed by atoms with Crippen LogP contribution in [0, 0.1) is 6.92 Å². The average Bonchev–Trinajstić information content (AvgIpc) is 2.11. The van der Waals surface area contributed by atoms with E-state index in [1.54, 1.807) is 0 Å². The third-order valence-electron chi connectivity index (χ3n) is 0.780. The van der Waals surface area contributed by atoms with Crippen molar-refractivity contribution in [2.24, 2.45) is 0 Å². The fraction of sp³-hybridized carbons (Fsp3) is 0.500. The molecule has 0 saturated heterocycles.